The van der Waals surface area contributed by atoms with Gasteiger partial charge in [-0.05, 0) is 84.3 Å². The molecule has 2 aromatic carbocycles. The number of aliphatic hydroxyl groups excluding tert-OH is 2. The number of carbonyl (C=O) groups excluding carboxylic acids is 2. The zero-order valence-corrected chi connectivity index (χ0v) is 29.1. The molecule has 1 saturated carbocycles. The molecule has 0 spiro atoms. The van der Waals surface area contributed by atoms with Gasteiger partial charge >= 0.3 is 11.9 Å². The van der Waals surface area contributed by atoms with E-state index in [9.17, 15) is 9.59 Å². The van der Waals surface area contributed by atoms with Crippen LogP contribution in [0.2, 0.25) is 0 Å². The molecule has 2 N–H and O–H groups in total. The van der Waals surface area contributed by atoms with Crippen LogP contribution in [0.25, 0.3) is 16.7 Å². The minimum atomic E-state index is -0.675. The molecule has 0 aliphatic heterocycles. The molecule has 49 heavy (non-hydrogen) atoms. The molecule has 2 aliphatic carbocycles. The van der Waals surface area contributed by atoms with Crippen LogP contribution < -0.4 is 9.47 Å². The molecule has 4 rings (SSSR count). The average Bonchev–Trinajstić information content (AvgIpc) is 3.14. The lowest BCUT2D eigenvalue weighted by atomic mass is 9.70. The van der Waals surface area contributed by atoms with E-state index in [1.165, 1.54) is 75.3 Å². The van der Waals surface area contributed by atoms with E-state index in [1.54, 1.807) is 6.07 Å². The normalized spacial score (nSPS) is 19.0. The van der Waals surface area contributed by atoms with Crippen molar-refractivity contribution in [2.45, 2.75) is 77.6 Å². The van der Waals surface area contributed by atoms with Gasteiger partial charge in [-0.3, -0.25) is 0 Å². The Morgan fingerprint density at radius 2 is 1.29 bits per heavy atom. The number of aliphatic hydroxyl groups is 2. The second-order valence-corrected chi connectivity index (χ2v) is 13.3. The van der Waals surface area contributed by atoms with E-state index in [0.717, 1.165) is 35.3 Å². The van der Waals surface area contributed by atoms with E-state index in [4.69, 9.17) is 29.2 Å². The number of ether oxygens (including phenoxy) is 4. The SMILES string of the molecule is C=C(CO)C(=O)OCCOc1cc(OCCOC(=O)C(=C)CO)cc(-c2ccc(C3=CCC(C4CCC(CCCCC)CC4)CC3)cc2)c1. The van der Waals surface area contributed by atoms with Crippen molar-refractivity contribution >= 4 is 17.5 Å². The number of benzene rings is 2. The van der Waals surface area contributed by atoms with Crippen LogP contribution in [0.4, 0.5) is 0 Å². The first-order valence-electron chi connectivity index (χ1n) is 17.9. The van der Waals surface area contributed by atoms with Crippen LogP contribution in [0.15, 0.2) is 72.8 Å². The second-order valence-electron chi connectivity index (χ2n) is 13.3. The molecule has 0 saturated heterocycles. The first-order valence-corrected chi connectivity index (χ1v) is 17.9. The summed E-state index contributed by atoms with van der Waals surface area (Å²) < 4.78 is 22.0. The number of hydrogen-bond donors (Lipinski definition) is 2. The third-order valence-electron chi connectivity index (χ3n) is 9.82. The number of hydrogen-bond acceptors (Lipinski definition) is 8. The van der Waals surface area contributed by atoms with E-state index in [-0.39, 0.29) is 37.6 Å². The van der Waals surface area contributed by atoms with E-state index >= 15 is 0 Å². The first kappa shape index (κ1) is 37.9. The lowest BCUT2D eigenvalue weighted by Crippen LogP contribution is -2.23. The van der Waals surface area contributed by atoms with Crippen LogP contribution in [0, 0.1) is 17.8 Å². The highest BCUT2D eigenvalue weighted by Gasteiger charge is 2.28. The average molecular weight is 675 g/mol. The number of allylic oxidation sites excluding steroid dienone is 2. The van der Waals surface area contributed by atoms with Crippen molar-refractivity contribution in [3.8, 4) is 22.6 Å². The van der Waals surface area contributed by atoms with Gasteiger partial charge in [0.2, 0.25) is 0 Å². The fourth-order valence-corrected chi connectivity index (χ4v) is 6.88. The maximum absolute atomic E-state index is 11.8. The van der Waals surface area contributed by atoms with Gasteiger partial charge in [-0.2, -0.15) is 0 Å². The van der Waals surface area contributed by atoms with Gasteiger partial charge in [-0.1, -0.05) is 88.9 Å². The van der Waals surface area contributed by atoms with E-state index < -0.39 is 25.2 Å². The Balaban J connectivity index is 1.37. The molecule has 0 radical (unpaired) electrons. The van der Waals surface area contributed by atoms with Crippen LogP contribution >= 0.6 is 0 Å². The number of unbranched alkanes of at least 4 members (excludes halogenated alkanes) is 2. The molecule has 8 heteroatoms. The predicted molar refractivity (Wildman–Crippen MR) is 192 cm³/mol. The third kappa shape index (κ3) is 11.9. The van der Waals surface area contributed by atoms with E-state index in [0.29, 0.717) is 11.5 Å². The Bertz CT molecular complexity index is 1360. The van der Waals surface area contributed by atoms with Crippen molar-refractivity contribution in [1.82, 2.24) is 0 Å². The Labute approximate surface area is 291 Å². The lowest BCUT2D eigenvalue weighted by Gasteiger charge is -2.35. The van der Waals surface area contributed by atoms with Crippen LogP contribution in [0.1, 0.15) is 83.1 Å². The summed E-state index contributed by atoms with van der Waals surface area (Å²) >= 11 is 0. The highest BCUT2D eigenvalue weighted by atomic mass is 16.6. The van der Waals surface area contributed by atoms with E-state index in [1.807, 2.05) is 12.1 Å². The molecule has 0 heterocycles. The van der Waals surface area contributed by atoms with Crippen molar-refractivity contribution in [2.24, 2.45) is 17.8 Å². The van der Waals surface area contributed by atoms with Gasteiger partial charge in [0.05, 0.1) is 24.4 Å². The number of carbonyl (C=O) groups is 2. The third-order valence-corrected chi connectivity index (χ3v) is 9.82. The Hall–Kier alpha value is -3.88. The molecular formula is C41H54O8. The maximum atomic E-state index is 11.8. The minimum Gasteiger partial charge on any atom is -0.490 e. The molecular weight excluding hydrogens is 620 g/mol. The highest BCUT2D eigenvalue weighted by molar-refractivity contribution is 5.88. The van der Waals surface area contributed by atoms with Gasteiger partial charge in [0.15, 0.2) is 0 Å². The molecule has 2 aromatic rings. The van der Waals surface area contributed by atoms with Crippen molar-refractivity contribution in [3.05, 3.63) is 78.4 Å². The second kappa shape index (κ2) is 20.0. The Morgan fingerprint density at radius 1 is 0.714 bits per heavy atom. The predicted octanol–water partition coefficient (Wildman–Crippen LogP) is 7.86. The standard InChI is InChI=1S/C41H54O8/c1-4-5-6-7-31-8-10-32(11-9-31)33-12-14-34(15-13-33)35-16-18-36(19-17-35)37-24-38(46-20-22-48-40(44)29(2)27-42)26-39(25-37)47-21-23-49-41(45)30(3)28-43/h14,16-19,24-26,31-33,42-43H,2-13,15,20-23,27-28H2,1H3. The van der Waals surface area contributed by atoms with Crippen molar-refractivity contribution in [2.75, 3.05) is 39.6 Å². The molecule has 0 amide bonds. The fourth-order valence-electron chi connectivity index (χ4n) is 6.88. The zero-order chi connectivity index (χ0) is 35.0. The topological polar surface area (TPSA) is 112 Å². The van der Waals surface area contributed by atoms with Gasteiger partial charge in [-0.25, -0.2) is 9.59 Å². The summed E-state index contributed by atoms with van der Waals surface area (Å²) in [5.74, 6) is 2.32. The summed E-state index contributed by atoms with van der Waals surface area (Å²) in [4.78, 5) is 23.6. The van der Waals surface area contributed by atoms with Crippen LogP contribution in [0.3, 0.4) is 0 Å². The molecule has 0 aromatic heterocycles. The summed E-state index contributed by atoms with van der Waals surface area (Å²) in [7, 11) is 0. The van der Waals surface area contributed by atoms with E-state index in [2.05, 4.69) is 50.4 Å². The summed E-state index contributed by atoms with van der Waals surface area (Å²) in [5, 5.41) is 18.1. The lowest BCUT2D eigenvalue weighted by molar-refractivity contribution is -0.141. The van der Waals surface area contributed by atoms with Crippen LogP contribution in [-0.2, 0) is 19.1 Å². The smallest absolute Gasteiger partial charge is 0.335 e. The van der Waals surface area contributed by atoms with Gasteiger partial charge in [0.25, 0.3) is 0 Å². The quantitative estimate of drug-likeness (QED) is 0.0880. The summed E-state index contributed by atoms with van der Waals surface area (Å²) in [6.45, 7) is 8.41. The zero-order valence-electron chi connectivity index (χ0n) is 29.1. The minimum absolute atomic E-state index is 0.0199. The molecule has 2 aliphatic rings. The maximum Gasteiger partial charge on any atom is 0.335 e. The molecule has 266 valence electrons. The van der Waals surface area contributed by atoms with Gasteiger partial charge in [0.1, 0.15) is 37.9 Å². The van der Waals surface area contributed by atoms with Gasteiger partial charge in [-0.15, -0.1) is 0 Å². The van der Waals surface area contributed by atoms with Crippen molar-refractivity contribution < 1.29 is 38.7 Å². The largest absolute Gasteiger partial charge is 0.490 e. The van der Waals surface area contributed by atoms with Gasteiger partial charge in [0, 0.05) is 6.07 Å². The molecule has 1 fully saturated rings. The summed E-state index contributed by atoms with van der Waals surface area (Å²) in [6.07, 6.45) is 17.2. The molecule has 1 unspecified atom stereocenters. The summed E-state index contributed by atoms with van der Waals surface area (Å²) in [6, 6.07) is 14.1. The Morgan fingerprint density at radius 3 is 1.80 bits per heavy atom. The van der Waals surface area contributed by atoms with Crippen molar-refractivity contribution in [3.63, 3.8) is 0 Å². The van der Waals surface area contributed by atoms with Crippen molar-refractivity contribution in [1.29, 1.82) is 0 Å². The number of rotatable bonds is 19. The monoisotopic (exact) mass is 674 g/mol. The number of esters is 2. The fraction of sp³-hybridized carbons (Fsp3) is 0.512. The van der Waals surface area contributed by atoms with Crippen LogP contribution in [0.5, 0.6) is 11.5 Å². The molecule has 0 bridgehead atoms. The molecule has 1 atom stereocenters. The first-order chi connectivity index (χ1) is 23.8. The Kier molecular flexibility index (Phi) is 15.4. The highest BCUT2D eigenvalue weighted by Crippen LogP contribution is 2.42. The summed E-state index contributed by atoms with van der Waals surface area (Å²) in [5.41, 5.74) is 4.49. The molecule has 8 nitrogen and oxygen atoms in total. The van der Waals surface area contributed by atoms with Crippen LogP contribution in [-0.4, -0.2) is 61.8 Å². The van der Waals surface area contributed by atoms with Gasteiger partial charge < -0.3 is 29.2 Å².